The smallest absolute Gasteiger partial charge is 0.335 e. The Morgan fingerprint density at radius 3 is 2.45 bits per heavy atom. The Morgan fingerprint density at radius 1 is 0.939 bits per heavy atom. The second kappa shape index (κ2) is 9.83. The summed E-state index contributed by atoms with van der Waals surface area (Å²) in [5.41, 5.74) is 3.97. The number of ether oxygens (including phenoxy) is 2. The van der Waals surface area contributed by atoms with Gasteiger partial charge in [-0.2, -0.15) is 0 Å². The Bertz CT molecular complexity index is 1330. The van der Waals surface area contributed by atoms with Crippen molar-refractivity contribution >= 4 is 33.3 Å². The van der Waals surface area contributed by atoms with Crippen LogP contribution in [0, 0.1) is 0 Å². The number of carbonyl (C=O) groups is 2. The van der Waals surface area contributed by atoms with Crippen LogP contribution in [0.1, 0.15) is 27.3 Å². The van der Waals surface area contributed by atoms with Gasteiger partial charge in [0.05, 0.1) is 36.4 Å². The van der Waals surface area contributed by atoms with Crippen LogP contribution in [0.2, 0.25) is 0 Å². The van der Waals surface area contributed by atoms with Crippen molar-refractivity contribution in [3.05, 3.63) is 76.8 Å². The van der Waals surface area contributed by atoms with Crippen LogP contribution >= 0.6 is 11.3 Å². The maximum absolute atomic E-state index is 12.5. The summed E-state index contributed by atoms with van der Waals surface area (Å²) in [6.45, 7) is 0. The van der Waals surface area contributed by atoms with E-state index < -0.39 is 5.97 Å². The van der Waals surface area contributed by atoms with Crippen LogP contribution < -0.4 is 9.47 Å². The minimum Gasteiger partial charge on any atom is -0.493 e. The summed E-state index contributed by atoms with van der Waals surface area (Å²) in [4.78, 5) is 28.2. The zero-order valence-electron chi connectivity index (χ0n) is 18.3. The van der Waals surface area contributed by atoms with E-state index in [0.717, 1.165) is 31.9 Å². The SMILES string of the molecule is COc1ccc(-c2ccc3nc(CC(=O)CCc4cccc(C(=O)O)c4)sc3c2)cc1OC. The van der Waals surface area contributed by atoms with E-state index in [1.165, 1.54) is 11.3 Å². The van der Waals surface area contributed by atoms with Crippen LogP contribution in [0.5, 0.6) is 11.5 Å². The third-order valence-corrected chi connectivity index (χ3v) is 6.38. The highest BCUT2D eigenvalue weighted by Gasteiger charge is 2.12. The number of Topliss-reactive ketones (excluding diaryl/α,β-unsaturated/α-hetero) is 1. The molecule has 0 atom stereocenters. The van der Waals surface area contributed by atoms with Crippen LogP contribution in [-0.4, -0.2) is 36.1 Å². The van der Waals surface area contributed by atoms with E-state index in [0.29, 0.717) is 24.3 Å². The maximum atomic E-state index is 12.5. The van der Waals surface area contributed by atoms with Gasteiger partial charge in [0.2, 0.25) is 0 Å². The number of hydrogen-bond donors (Lipinski definition) is 1. The maximum Gasteiger partial charge on any atom is 0.335 e. The molecule has 33 heavy (non-hydrogen) atoms. The molecule has 0 unspecified atom stereocenters. The first-order valence-corrected chi connectivity index (χ1v) is 11.2. The van der Waals surface area contributed by atoms with Gasteiger partial charge >= 0.3 is 5.97 Å². The molecular weight excluding hydrogens is 438 g/mol. The Kier molecular flexibility index (Phi) is 6.70. The van der Waals surface area contributed by atoms with Gasteiger partial charge in [0, 0.05) is 6.42 Å². The average molecular weight is 462 g/mol. The molecule has 6 nitrogen and oxygen atoms in total. The lowest BCUT2D eigenvalue weighted by atomic mass is 10.0. The second-order valence-corrected chi connectivity index (χ2v) is 8.70. The van der Waals surface area contributed by atoms with Gasteiger partial charge in [0.25, 0.3) is 0 Å². The van der Waals surface area contributed by atoms with E-state index in [2.05, 4.69) is 11.1 Å². The summed E-state index contributed by atoms with van der Waals surface area (Å²) in [5, 5.41) is 9.88. The van der Waals surface area contributed by atoms with Crippen LogP contribution in [-0.2, 0) is 17.6 Å². The number of benzene rings is 3. The van der Waals surface area contributed by atoms with E-state index in [-0.39, 0.29) is 17.8 Å². The molecule has 0 bridgehead atoms. The molecule has 3 aromatic carbocycles. The van der Waals surface area contributed by atoms with Crippen molar-refractivity contribution in [2.45, 2.75) is 19.3 Å². The molecule has 1 aromatic heterocycles. The Labute approximate surface area is 195 Å². The van der Waals surface area contributed by atoms with Crippen LogP contribution in [0.4, 0.5) is 0 Å². The van der Waals surface area contributed by atoms with E-state index in [4.69, 9.17) is 14.6 Å². The summed E-state index contributed by atoms with van der Waals surface area (Å²) in [6, 6.07) is 18.5. The quantitative estimate of drug-likeness (QED) is 0.358. The van der Waals surface area contributed by atoms with Gasteiger partial charge in [-0.15, -0.1) is 11.3 Å². The number of carbonyl (C=O) groups excluding carboxylic acids is 1. The summed E-state index contributed by atoms with van der Waals surface area (Å²) >= 11 is 1.51. The zero-order valence-corrected chi connectivity index (χ0v) is 19.1. The van der Waals surface area contributed by atoms with E-state index in [1.807, 2.05) is 36.4 Å². The number of carboxylic acid groups (broad SMARTS) is 1. The fraction of sp³-hybridized carbons (Fsp3) is 0.192. The van der Waals surface area contributed by atoms with Gasteiger partial charge in [-0.25, -0.2) is 9.78 Å². The Balaban J connectivity index is 1.46. The van der Waals surface area contributed by atoms with Crippen molar-refractivity contribution in [1.29, 1.82) is 0 Å². The van der Waals surface area contributed by atoms with Crippen molar-refractivity contribution in [3.8, 4) is 22.6 Å². The summed E-state index contributed by atoms with van der Waals surface area (Å²) in [5.74, 6) is 0.454. The monoisotopic (exact) mass is 461 g/mol. The van der Waals surface area contributed by atoms with Gasteiger partial charge < -0.3 is 14.6 Å². The highest BCUT2D eigenvalue weighted by atomic mass is 32.1. The number of carboxylic acids is 1. The summed E-state index contributed by atoms with van der Waals surface area (Å²) in [7, 11) is 3.22. The third kappa shape index (κ3) is 5.21. The molecule has 0 spiro atoms. The first-order chi connectivity index (χ1) is 16.0. The molecule has 0 saturated carbocycles. The normalized spacial score (nSPS) is 10.8. The van der Waals surface area contributed by atoms with Crippen LogP contribution in [0.3, 0.4) is 0 Å². The zero-order chi connectivity index (χ0) is 23.4. The number of ketones is 1. The van der Waals surface area contributed by atoms with Crippen molar-refractivity contribution in [2.75, 3.05) is 14.2 Å². The largest absolute Gasteiger partial charge is 0.493 e. The molecule has 0 aliphatic heterocycles. The number of thiazole rings is 1. The lowest BCUT2D eigenvalue weighted by Gasteiger charge is -2.09. The number of rotatable bonds is 9. The van der Waals surface area contributed by atoms with Gasteiger partial charge in [0.15, 0.2) is 11.5 Å². The number of fused-ring (bicyclic) bond motifs is 1. The summed E-state index contributed by atoms with van der Waals surface area (Å²) in [6.07, 6.45) is 1.12. The molecule has 0 radical (unpaired) electrons. The predicted molar refractivity (Wildman–Crippen MR) is 129 cm³/mol. The second-order valence-electron chi connectivity index (χ2n) is 7.58. The first kappa shape index (κ1) is 22.5. The van der Waals surface area contributed by atoms with Crippen molar-refractivity contribution in [1.82, 2.24) is 4.98 Å². The molecule has 0 aliphatic carbocycles. The molecular formula is C26H23NO5S. The standard InChI is InChI=1S/C26H23NO5S/c1-31-22-11-8-17(13-23(22)32-2)18-7-10-21-24(14-18)33-25(27-21)15-20(28)9-6-16-4-3-5-19(12-16)26(29)30/h3-5,7-8,10-14H,6,9,15H2,1-2H3,(H,29,30). The first-order valence-electron chi connectivity index (χ1n) is 10.4. The van der Waals surface area contributed by atoms with Crippen LogP contribution in [0.25, 0.3) is 21.3 Å². The fourth-order valence-corrected chi connectivity index (χ4v) is 4.68. The van der Waals surface area contributed by atoms with Gasteiger partial charge in [-0.05, 0) is 59.5 Å². The number of hydrogen-bond acceptors (Lipinski definition) is 6. The van der Waals surface area contributed by atoms with Gasteiger partial charge in [-0.1, -0.05) is 24.3 Å². The molecule has 0 saturated heterocycles. The molecule has 1 heterocycles. The van der Waals surface area contributed by atoms with E-state index in [9.17, 15) is 9.59 Å². The number of methoxy groups -OCH3 is 2. The molecule has 7 heteroatoms. The molecule has 4 rings (SSSR count). The minimum atomic E-state index is -0.967. The molecule has 0 fully saturated rings. The third-order valence-electron chi connectivity index (χ3n) is 5.36. The van der Waals surface area contributed by atoms with E-state index >= 15 is 0 Å². The van der Waals surface area contributed by atoms with Gasteiger partial charge in [0.1, 0.15) is 10.8 Å². The van der Waals surface area contributed by atoms with Crippen LogP contribution in [0.15, 0.2) is 60.7 Å². The lowest BCUT2D eigenvalue weighted by Crippen LogP contribution is -2.05. The molecule has 0 amide bonds. The summed E-state index contributed by atoms with van der Waals surface area (Å²) < 4.78 is 11.7. The average Bonchev–Trinajstić information content (AvgIpc) is 3.23. The molecule has 168 valence electrons. The van der Waals surface area contributed by atoms with Crippen molar-refractivity contribution in [3.63, 3.8) is 0 Å². The predicted octanol–water partition coefficient (Wildman–Crippen LogP) is 5.42. The fourth-order valence-electron chi connectivity index (χ4n) is 3.64. The Hall–Kier alpha value is -3.71. The highest BCUT2D eigenvalue weighted by Crippen LogP contribution is 2.34. The van der Waals surface area contributed by atoms with Crippen molar-refractivity contribution in [2.24, 2.45) is 0 Å². The highest BCUT2D eigenvalue weighted by molar-refractivity contribution is 7.18. The molecule has 4 aromatic rings. The number of aromatic carboxylic acids is 1. The van der Waals surface area contributed by atoms with E-state index in [1.54, 1.807) is 32.4 Å². The van der Waals surface area contributed by atoms with Crippen molar-refractivity contribution < 1.29 is 24.2 Å². The Morgan fingerprint density at radius 2 is 1.70 bits per heavy atom. The number of nitrogens with zero attached hydrogens (tertiary/aromatic N) is 1. The topological polar surface area (TPSA) is 85.7 Å². The minimum absolute atomic E-state index is 0.0786. The van der Waals surface area contributed by atoms with Gasteiger partial charge in [-0.3, -0.25) is 4.79 Å². The lowest BCUT2D eigenvalue weighted by molar-refractivity contribution is -0.118. The molecule has 0 aliphatic rings. The molecule has 1 N–H and O–H groups in total. The number of aryl methyl sites for hydroxylation is 1. The number of aromatic nitrogens is 1.